The Labute approximate surface area is 141 Å². The zero-order valence-corrected chi connectivity index (χ0v) is 14.4. The standard InChI is InChI=1S/C18H22N2O4/c1-5-24-17(23)18(3)13-12(15(21)20(4)16(13)22)14(19-18)11-8-6-10(2)7-9-11/h6-9,12-14,19H,5H2,1-4H3/p+1/t12-,13-,14-,18-/m0/s1. The summed E-state index contributed by atoms with van der Waals surface area (Å²) in [5, 5.41) is 1.84. The van der Waals surface area contributed by atoms with Crippen molar-refractivity contribution < 1.29 is 24.4 Å². The molecule has 2 saturated heterocycles. The topological polar surface area (TPSA) is 80.3 Å². The quantitative estimate of drug-likeness (QED) is 0.632. The average molecular weight is 331 g/mol. The van der Waals surface area contributed by atoms with Crippen molar-refractivity contribution in [1.29, 1.82) is 0 Å². The van der Waals surface area contributed by atoms with Crippen molar-refractivity contribution >= 4 is 17.8 Å². The highest BCUT2D eigenvalue weighted by atomic mass is 16.5. The highest BCUT2D eigenvalue weighted by molar-refractivity contribution is 6.08. The number of carbonyl (C=O) groups excluding carboxylic acids is 3. The van der Waals surface area contributed by atoms with Gasteiger partial charge in [0.15, 0.2) is 0 Å². The molecule has 6 heteroatoms. The zero-order chi connectivity index (χ0) is 17.6. The number of ether oxygens (including phenoxy) is 1. The number of hydrogen-bond acceptors (Lipinski definition) is 4. The van der Waals surface area contributed by atoms with Gasteiger partial charge in [-0.1, -0.05) is 29.8 Å². The van der Waals surface area contributed by atoms with Crippen LogP contribution in [0.25, 0.3) is 0 Å². The van der Waals surface area contributed by atoms with Crippen LogP contribution in [0.3, 0.4) is 0 Å². The van der Waals surface area contributed by atoms with Crippen LogP contribution in [0, 0.1) is 18.8 Å². The summed E-state index contributed by atoms with van der Waals surface area (Å²) in [6.45, 7) is 5.68. The lowest BCUT2D eigenvalue weighted by Crippen LogP contribution is -2.97. The lowest BCUT2D eigenvalue weighted by molar-refractivity contribution is -0.731. The van der Waals surface area contributed by atoms with E-state index in [0.29, 0.717) is 0 Å². The van der Waals surface area contributed by atoms with Gasteiger partial charge in [0.2, 0.25) is 17.4 Å². The molecule has 0 radical (unpaired) electrons. The summed E-state index contributed by atoms with van der Waals surface area (Å²) in [5.74, 6) is -2.20. The Morgan fingerprint density at radius 3 is 2.46 bits per heavy atom. The summed E-state index contributed by atoms with van der Waals surface area (Å²) in [7, 11) is 1.49. The Morgan fingerprint density at radius 2 is 1.88 bits per heavy atom. The summed E-state index contributed by atoms with van der Waals surface area (Å²) in [5.41, 5.74) is 0.973. The number of carbonyl (C=O) groups is 3. The molecular formula is C18H23N2O4+. The third-order valence-corrected chi connectivity index (χ3v) is 5.31. The number of benzene rings is 1. The number of rotatable bonds is 3. The van der Waals surface area contributed by atoms with E-state index in [1.165, 1.54) is 7.05 Å². The van der Waals surface area contributed by atoms with Crippen LogP contribution in [0.15, 0.2) is 24.3 Å². The maximum absolute atomic E-state index is 12.6. The van der Waals surface area contributed by atoms with E-state index < -0.39 is 23.3 Å². The van der Waals surface area contributed by atoms with Gasteiger partial charge in [-0.2, -0.15) is 0 Å². The van der Waals surface area contributed by atoms with Gasteiger partial charge >= 0.3 is 5.97 Å². The largest absolute Gasteiger partial charge is 0.461 e. The molecule has 0 bridgehead atoms. The van der Waals surface area contributed by atoms with Gasteiger partial charge < -0.3 is 10.1 Å². The molecule has 128 valence electrons. The Balaban J connectivity index is 2.06. The number of esters is 1. The molecule has 1 aromatic carbocycles. The third kappa shape index (κ3) is 2.24. The fourth-order valence-corrected chi connectivity index (χ4v) is 3.98. The molecule has 0 aromatic heterocycles. The van der Waals surface area contributed by atoms with Crippen LogP contribution in [0.4, 0.5) is 0 Å². The molecule has 0 spiro atoms. The molecule has 24 heavy (non-hydrogen) atoms. The van der Waals surface area contributed by atoms with E-state index in [9.17, 15) is 14.4 Å². The third-order valence-electron chi connectivity index (χ3n) is 5.31. The molecule has 1 aromatic rings. The maximum Gasteiger partial charge on any atom is 0.368 e. The Kier molecular flexibility index (Phi) is 3.95. The molecule has 6 nitrogen and oxygen atoms in total. The van der Waals surface area contributed by atoms with Gasteiger partial charge in [0.05, 0.1) is 6.61 Å². The highest BCUT2D eigenvalue weighted by Gasteiger charge is 2.70. The number of amides is 2. The number of likely N-dealkylation sites (tertiary alicyclic amines) is 1. The minimum Gasteiger partial charge on any atom is -0.461 e. The monoisotopic (exact) mass is 331 g/mol. The zero-order valence-electron chi connectivity index (χ0n) is 14.4. The second-order valence-corrected chi connectivity index (χ2v) is 6.85. The van der Waals surface area contributed by atoms with Crippen molar-refractivity contribution in [3.05, 3.63) is 35.4 Å². The number of quaternary nitrogens is 1. The highest BCUT2D eigenvalue weighted by Crippen LogP contribution is 2.43. The van der Waals surface area contributed by atoms with Crippen molar-refractivity contribution in [2.75, 3.05) is 13.7 Å². The Morgan fingerprint density at radius 1 is 1.25 bits per heavy atom. The lowest BCUT2D eigenvalue weighted by Gasteiger charge is -2.25. The van der Waals surface area contributed by atoms with Gasteiger partial charge in [-0.3, -0.25) is 14.5 Å². The molecule has 2 N–H and O–H groups in total. The normalized spacial score (nSPS) is 32.2. The molecule has 2 heterocycles. The van der Waals surface area contributed by atoms with Crippen molar-refractivity contribution in [3.63, 3.8) is 0 Å². The van der Waals surface area contributed by atoms with Gasteiger partial charge in [0.1, 0.15) is 17.9 Å². The molecule has 0 saturated carbocycles. The molecule has 4 atom stereocenters. The second kappa shape index (κ2) is 5.70. The SMILES string of the molecule is CCOC(=O)[C@@]1(C)[NH2+][C@@H](c2ccc(C)cc2)[C@H]2C(=O)N(C)C(=O)[C@H]21. The van der Waals surface area contributed by atoms with E-state index in [1.807, 2.05) is 36.5 Å². The lowest BCUT2D eigenvalue weighted by atomic mass is 9.80. The first-order valence-electron chi connectivity index (χ1n) is 8.22. The minimum absolute atomic E-state index is 0.222. The first kappa shape index (κ1) is 16.6. The summed E-state index contributed by atoms with van der Waals surface area (Å²) < 4.78 is 5.21. The van der Waals surface area contributed by atoms with Crippen LogP contribution in [-0.4, -0.2) is 41.9 Å². The molecule has 2 fully saturated rings. The van der Waals surface area contributed by atoms with E-state index in [1.54, 1.807) is 13.8 Å². The van der Waals surface area contributed by atoms with Crippen LogP contribution in [0.5, 0.6) is 0 Å². The fourth-order valence-electron chi connectivity index (χ4n) is 3.98. The molecule has 0 unspecified atom stereocenters. The van der Waals surface area contributed by atoms with Gasteiger partial charge in [0, 0.05) is 19.5 Å². The van der Waals surface area contributed by atoms with Gasteiger partial charge in [-0.05, 0) is 13.8 Å². The van der Waals surface area contributed by atoms with Crippen LogP contribution in [-0.2, 0) is 19.1 Å². The number of imide groups is 1. The number of fused-ring (bicyclic) bond motifs is 1. The molecule has 3 rings (SSSR count). The number of nitrogens with zero attached hydrogens (tertiary/aromatic N) is 1. The van der Waals surface area contributed by atoms with Crippen molar-refractivity contribution in [3.8, 4) is 0 Å². The fraction of sp³-hybridized carbons (Fsp3) is 0.500. The van der Waals surface area contributed by atoms with Crippen LogP contribution < -0.4 is 5.32 Å². The molecule has 2 aliphatic rings. The van der Waals surface area contributed by atoms with Crippen LogP contribution in [0.1, 0.15) is 31.0 Å². The van der Waals surface area contributed by atoms with Crippen molar-refractivity contribution in [1.82, 2.24) is 4.90 Å². The minimum atomic E-state index is -1.09. The first-order valence-corrected chi connectivity index (χ1v) is 8.22. The van der Waals surface area contributed by atoms with Gasteiger partial charge in [-0.25, -0.2) is 4.79 Å². The predicted molar refractivity (Wildman–Crippen MR) is 85.6 cm³/mol. The summed E-state index contributed by atoms with van der Waals surface area (Å²) >= 11 is 0. The number of nitrogens with two attached hydrogens (primary N) is 1. The Bertz CT molecular complexity index is 699. The van der Waals surface area contributed by atoms with Crippen molar-refractivity contribution in [2.45, 2.75) is 32.4 Å². The van der Waals surface area contributed by atoms with E-state index in [0.717, 1.165) is 16.0 Å². The van der Waals surface area contributed by atoms with E-state index in [-0.39, 0.29) is 24.5 Å². The summed E-state index contributed by atoms with van der Waals surface area (Å²) in [6.07, 6.45) is 0. The van der Waals surface area contributed by atoms with E-state index >= 15 is 0 Å². The van der Waals surface area contributed by atoms with Gasteiger partial charge in [-0.15, -0.1) is 0 Å². The smallest absolute Gasteiger partial charge is 0.368 e. The first-order chi connectivity index (χ1) is 11.3. The van der Waals surface area contributed by atoms with Gasteiger partial charge in [0.25, 0.3) is 0 Å². The molecule has 0 aliphatic carbocycles. The van der Waals surface area contributed by atoms with Crippen LogP contribution >= 0.6 is 0 Å². The second-order valence-electron chi connectivity index (χ2n) is 6.85. The van der Waals surface area contributed by atoms with Crippen LogP contribution in [0.2, 0.25) is 0 Å². The number of aryl methyl sites for hydroxylation is 1. The number of hydrogen-bond donors (Lipinski definition) is 1. The van der Waals surface area contributed by atoms with E-state index in [4.69, 9.17) is 4.74 Å². The molecular weight excluding hydrogens is 308 g/mol. The molecule has 2 amide bonds. The maximum atomic E-state index is 12.6. The summed E-state index contributed by atoms with van der Waals surface area (Å²) in [6, 6.07) is 7.60. The van der Waals surface area contributed by atoms with E-state index in [2.05, 4.69) is 0 Å². The Hall–Kier alpha value is -2.21. The average Bonchev–Trinajstić information content (AvgIpc) is 2.99. The summed E-state index contributed by atoms with van der Waals surface area (Å²) in [4.78, 5) is 39.0. The van der Waals surface area contributed by atoms with Crippen molar-refractivity contribution in [2.24, 2.45) is 11.8 Å². The predicted octanol–water partition coefficient (Wildman–Crippen LogP) is 0.166. The molecule has 2 aliphatic heterocycles.